The Morgan fingerprint density at radius 2 is 2.00 bits per heavy atom. The van der Waals surface area contributed by atoms with Crippen LogP contribution in [0.4, 0.5) is 5.13 Å². The number of thiazole rings is 2. The molecule has 2 N–H and O–H groups in total. The largest absolute Gasteiger partial charge is 0.493 e. The second kappa shape index (κ2) is 6.26. The number of carbonyl (C=O) groups excluding carboxylic acids is 1. The van der Waals surface area contributed by atoms with Gasteiger partial charge in [0.25, 0.3) is 5.91 Å². The number of ether oxygens (including phenoxy) is 1. The minimum Gasteiger partial charge on any atom is -0.493 e. The van der Waals surface area contributed by atoms with Crippen LogP contribution in [0.25, 0.3) is 10.6 Å². The zero-order chi connectivity index (χ0) is 17.4. The van der Waals surface area contributed by atoms with Crippen molar-refractivity contribution in [2.24, 2.45) is 0 Å². The number of carboxylic acids is 1. The van der Waals surface area contributed by atoms with E-state index in [9.17, 15) is 9.59 Å². The normalized spacial score (nSPS) is 12.5. The van der Waals surface area contributed by atoms with E-state index < -0.39 is 11.9 Å². The molecule has 1 amide bonds. The predicted molar refractivity (Wildman–Crippen MR) is 93.8 cm³/mol. The molecule has 0 fully saturated rings. The first-order valence-electron chi connectivity index (χ1n) is 7.32. The van der Waals surface area contributed by atoms with Crippen molar-refractivity contribution in [2.45, 2.75) is 6.42 Å². The zero-order valence-corrected chi connectivity index (χ0v) is 14.3. The molecule has 9 heteroatoms. The number of aromatic nitrogens is 2. The Kier molecular flexibility index (Phi) is 3.94. The molecule has 1 aromatic carbocycles. The Bertz CT molecular complexity index is 979. The number of benzene rings is 1. The number of amides is 1. The van der Waals surface area contributed by atoms with Gasteiger partial charge in [0.1, 0.15) is 16.5 Å². The van der Waals surface area contributed by atoms with Crippen molar-refractivity contribution in [1.29, 1.82) is 0 Å². The molecule has 126 valence electrons. The molecule has 1 aliphatic heterocycles. The molecule has 0 aliphatic carbocycles. The molecule has 2 aromatic heterocycles. The maximum atomic E-state index is 12.3. The third kappa shape index (κ3) is 3.11. The highest BCUT2D eigenvalue weighted by atomic mass is 32.1. The summed E-state index contributed by atoms with van der Waals surface area (Å²) < 4.78 is 5.49. The molecule has 0 saturated carbocycles. The van der Waals surface area contributed by atoms with Crippen molar-refractivity contribution in [2.75, 3.05) is 11.9 Å². The van der Waals surface area contributed by atoms with Crippen molar-refractivity contribution >= 4 is 39.7 Å². The van der Waals surface area contributed by atoms with Crippen LogP contribution in [-0.2, 0) is 6.42 Å². The number of hydrogen-bond acceptors (Lipinski definition) is 7. The average Bonchev–Trinajstić information content (AvgIpc) is 3.33. The number of aromatic carboxylic acids is 1. The van der Waals surface area contributed by atoms with Gasteiger partial charge >= 0.3 is 5.97 Å². The minimum absolute atomic E-state index is 0.0976. The molecular weight excluding hydrogens is 362 g/mol. The second-order valence-electron chi connectivity index (χ2n) is 5.26. The van der Waals surface area contributed by atoms with Crippen molar-refractivity contribution in [3.05, 3.63) is 45.9 Å². The van der Waals surface area contributed by atoms with E-state index in [-0.39, 0.29) is 16.5 Å². The van der Waals surface area contributed by atoms with Crippen LogP contribution in [0.1, 0.15) is 26.5 Å². The van der Waals surface area contributed by atoms with Crippen molar-refractivity contribution in [3.63, 3.8) is 0 Å². The maximum Gasteiger partial charge on any atom is 0.355 e. The lowest BCUT2D eigenvalue weighted by Crippen LogP contribution is -2.12. The number of nitrogens with one attached hydrogen (secondary N) is 1. The average molecular weight is 373 g/mol. The summed E-state index contributed by atoms with van der Waals surface area (Å²) in [6, 6.07) is 5.87. The number of rotatable bonds is 4. The Morgan fingerprint density at radius 1 is 1.16 bits per heavy atom. The molecule has 3 aromatic rings. The van der Waals surface area contributed by atoms with Crippen molar-refractivity contribution in [1.82, 2.24) is 9.97 Å². The van der Waals surface area contributed by atoms with Gasteiger partial charge in [0.15, 0.2) is 10.8 Å². The fourth-order valence-electron chi connectivity index (χ4n) is 2.42. The monoisotopic (exact) mass is 373 g/mol. The molecule has 0 unspecified atom stereocenters. The highest BCUT2D eigenvalue weighted by molar-refractivity contribution is 7.14. The minimum atomic E-state index is -1.13. The van der Waals surface area contributed by atoms with E-state index in [0.717, 1.165) is 39.6 Å². The maximum absolute atomic E-state index is 12.3. The van der Waals surface area contributed by atoms with E-state index in [1.54, 1.807) is 5.38 Å². The number of nitrogens with zero attached hydrogens (tertiary/aromatic N) is 2. The van der Waals surface area contributed by atoms with Gasteiger partial charge in [-0.3, -0.25) is 10.1 Å². The molecule has 0 atom stereocenters. The lowest BCUT2D eigenvalue weighted by Gasteiger charge is -2.01. The number of fused-ring (bicyclic) bond motifs is 1. The first-order valence-corrected chi connectivity index (χ1v) is 9.08. The van der Waals surface area contributed by atoms with Gasteiger partial charge in [0.2, 0.25) is 0 Å². The first kappa shape index (κ1) is 15.7. The quantitative estimate of drug-likeness (QED) is 0.728. The summed E-state index contributed by atoms with van der Waals surface area (Å²) in [5, 5.41) is 15.4. The third-order valence-corrected chi connectivity index (χ3v) is 5.27. The van der Waals surface area contributed by atoms with Gasteiger partial charge in [0.05, 0.1) is 6.61 Å². The number of carboxylic acid groups (broad SMARTS) is 1. The molecule has 3 heterocycles. The lowest BCUT2D eigenvalue weighted by atomic mass is 10.1. The topological polar surface area (TPSA) is 101 Å². The molecule has 4 rings (SSSR count). The summed E-state index contributed by atoms with van der Waals surface area (Å²) in [7, 11) is 0. The van der Waals surface area contributed by atoms with E-state index in [1.807, 2.05) is 18.2 Å². The smallest absolute Gasteiger partial charge is 0.355 e. The second-order valence-corrected chi connectivity index (χ2v) is 6.97. The predicted octanol–water partition coefficient (Wildman–Crippen LogP) is 3.15. The fourth-order valence-corrected chi connectivity index (χ4v) is 3.90. The van der Waals surface area contributed by atoms with E-state index >= 15 is 0 Å². The molecule has 0 saturated heterocycles. The summed E-state index contributed by atoms with van der Waals surface area (Å²) in [5.41, 5.74) is 2.25. The van der Waals surface area contributed by atoms with E-state index in [1.165, 1.54) is 16.7 Å². The standard InChI is InChI=1S/C16H11N3O4S2/c20-13(19-16-18-11(7-25-16)15(21)22)10-6-24-14(17-10)9-1-2-12-8(5-9)3-4-23-12/h1-2,5-7H,3-4H2,(H,21,22)(H,18,19,20). The number of hydrogen-bond donors (Lipinski definition) is 2. The van der Waals surface area contributed by atoms with Crippen molar-refractivity contribution < 1.29 is 19.4 Å². The van der Waals surface area contributed by atoms with Crippen LogP contribution in [0.3, 0.4) is 0 Å². The van der Waals surface area contributed by atoms with Crippen LogP contribution >= 0.6 is 22.7 Å². The van der Waals surface area contributed by atoms with Crippen molar-refractivity contribution in [3.8, 4) is 16.3 Å². The number of anilines is 1. The van der Waals surface area contributed by atoms with Crippen LogP contribution in [-0.4, -0.2) is 33.6 Å². The van der Waals surface area contributed by atoms with Gasteiger partial charge in [-0.2, -0.15) is 0 Å². The van der Waals surface area contributed by atoms with Gasteiger partial charge in [0, 0.05) is 22.7 Å². The van der Waals surface area contributed by atoms with Gasteiger partial charge in [-0.15, -0.1) is 22.7 Å². The number of carbonyl (C=O) groups is 2. The van der Waals surface area contributed by atoms with E-state index in [4.69, 9.17) is 9.84 Å². The zero-order valence-electron chi connectivity index (χ0n) is 12.7. The molecule has 7 nitrogen and oxygen atoms in total. The molecule has 0 radical (unpaired) electrons. The van der Waals surface area contributed by atoms with Gasteiger partial charge in [-0.1, -0.05) is 0 Å². The molecule has 1 aliphatic rings. The Balaban J connectivity index is 1.52. The summed E-state index contributed by atoms with van der Waals surface area (Å²) in [6.07, 6.45) is 0.873. The Hall–Kier alpha value is -2.78. The molecule has 0 spiro atoms. The van der Waals surface area contributed by atoms with Crippen LogP contribution in [0, 0.1) is 0 Å². The molecule has 25 heavy (non-hydrogen) atoms. The molecule has 0 bridgehead atoms. The fraction of sp³-hybridized carbons (Fsp3) is 0.125. The summed E-state index contributed by atoms with van der Waals surface area (Å²) in [4.78, 5) is 31.3. The van der Waals surface area contributed by atoms with Gasteiger partial charge in [-0.25, -0.2) is 14.8 Å². The van der Waals surface area contributed by atoms with Crippen LogP contribution < -0.4 is 10.1 Å². The van der Waals surface area contributed by atoms with Crippen LogP contribution in [0.5, 0.6) is 5.75 Å². The SMILES string of the molecule is O=C(O)c1csc(NC(=O)c2csc(-c3ccc4c(c3)CCO4)n2)n1. The summed E-state index contributed by atoms with van der Waals surface area (Å²) in [6.45, 7) is 0.691. The van der Waals surface area contributed by atoms with Crippen LogP contribution in [0.15, 0.2) is 29.0 Å². The summed E-state index contributed by atoms with van der Waals surface area (Å²) in [5.74, 6) is -0.650. The van der Waals surface area contributed by atoms with E-state index in [0.29, 0.717) is 6.61 Å². The van der Waals surface area contributed by atoms with Gasteiger partial charge in [-0.05, 0) is 23.8 Å². The Labute approximate surface area is 150 Å². The first-order chi connectivity index (χ1) is 12.1. The third-order valence-electron chi connectivity index (χ3n) is 3.62. The van der Waals surface area contributed by atoms with E-state index in [2.05, 4.69) is 15.3 Å². The highest BCUT2D eigenvalue weighted by Gasteiger charge is 2.17. The summed E-state index contributed by atoms with van der Waals surface area (Å²) >= 11 is 2.43. The molecular formula is C16H11N3O4S2. The Morgan fingerprint density at radius 3 is 2.80 bits per heavy atom. The van der Waals surface area contributed by atoms with Gasteiger partial charge < -0.3 is 9.84 Å². The van der Waals surface area contributed by atoms with Crippen LogP contribution in [0.2, 0.25) is 0 Å². The highest BCUT2D eigenvalue weighted by Crippen LogP contribution is 2.32. The lowest BCUT2D eigenvalue weighted by molar-refractivity contribution is 0.0691.